The molecule has 0 aliphatic carbocycles. The van der Waals surface area contributed by atoms with Crippen LogP contribution in [0.4, 0.5) is 0 Å². The third-order valence-corrected chi connectivity index (χ3v) is 2.59. The van der Waals surface area contributed by atoms with Crippen LogP contribution in [0.3, 0.4) is 0 Å². The molecule has 1 aromatic carbocycles. The summed E-state index contributed by atoms with van der Waals surface area (Å²) in [6, 6.07) is 6.61. The van der Waals surface area contributed by atoms with Crippen LogP contribution in [0.25, 0.3) is 0 Å². The third-order valence-electron chi connectivity index (χ3n) is 2.35. The van der Waals surface area contributed by atoms with Crippen molar-refractivity contribution in [3.8, 4) is 5.75 Å². The monoisotopic (exact) mass is 239 g/mol. The van der Waals surface area contributed by atoms with Crippen LogP contribution >= 0.6 is 11.6 Å². The van der Waals surface area contributed by atoms with E-state index in [0.29, 0.717) is 12.2 Å². The van der Waals surface area contributed by atoms with Crippen LogP contribution in [0.5, 0.6) is 5.75 Å². The lowest BCUT2D eigenvalue weighted by Gasteiger charge is -2.23. The normalized spacial score (nSPS) is 18.6. The van der Waals surface area contributed by atoms with Gasteiger partial charge in [-0.3, -0.25) is 4.79 Å². The molecule has 0 radical (unpaired) electrons. The molecular formula is C11H10ClNO3. The average Bonchev–Trinajstić information content (AvgIpc) is 2.30. The van der Waals surface area contributed by atoms with Crippen molar-refractivity contribution in [2.24, 2.45) is 0 Å². The Labute approximate surface area is 97.5 Å². The SMILES string of the molecule is O=C(CCl)N[C@H]1Cc2ccccc2OC1=O. The first kappa shape index (κ1) is 11.0. The lowest BCUT2D eigenvalue weighted by molar-refractivity contribution is -0.140. The zero-order chi connectivity index (χ0) is 11.5. The van der Waals surface area contributed by atoms with Crippen molar-refractivity contribution in [1.82, 2.24) is 5.32 Å². The van der Waals surface area contributed by atoms with E-state index in [1.807, 2.05) is 12.1 Å². The fourth-order valence-corrected chi connectivity index (χ4v) is 1.67. The third kappa shape index (κ3) is 2.17. The molecule has 16 heavy (non-hydrogen) atoms. The van der Waals surface area contributed by atoms with Crippen molar-refractivity contribution < 1.29 is 14.3 Å². The van der Waals surface area contributed by atoms with Crippen LogP contribution in [0, 0.1) is 0 Å². The van der Waals surface area contributed by atoms with E-state index < -0.39 is 12.0 Å². The highest BCUT2D eigenvalue weighted by Gasteiger charge is 2.28. The number of ether oxygens (including phenoxy) is 1. The Kier molecular flexibility index (Phi) is 3.10. The first-order chi connectivity index (χ1) is 7.70. The predicted molar refractivity (Wildman–Crippen MR) is 58.4 cm³/mol. The largest absolute Gasteiger partial charge is 0.425 e. The Balaban J connectivity index is 2.15. The van der Waals surface area contributed by atoms with Gasteiger partial charge in [0.05, 0.1) is 0 Å². The molecule has 0 saturated heterocycles. The van der Waals surface area contributed by atoms with Crippen LogP contribution in [-0.4, -0.2) is 23.8 Å². The van der Waals surface area contributed by atoms with Gasteiger partial charge >= 0.3 is 5.97 Å². The molecule has 84 valence electrons. The summed E-state index contributed by atoms with van der Waals surface area (Å²) in [6.45, 7) is 0. The zero-order valence-electron chi connectivity index (χ0n) is 8.40. The number of amides is 1. The van der Waals surface area contributed by atoms with Gasteiger partial charge in [-0.05, 0) is 11.6 Å². The summed E-state index contributed by atoms with van der Waals surface area (Å²) in [5.41, 5.74) is 0.905. The number of rotatable bonds is 2. The summed E-state index contributed by atoms with van der Waals surface area (Å²) in [4.78, 5) is 22.6. The molecule has 0 saturated carbocycles. The molecule has 1 heterocycles. The number of carbonyl (C=O) groups excluding carboxylic acids is 2. The number of alkyl halides is 1. The minimum Gasteiger partial charge on any atom is -0.425 e. The van der Waals surface area contributed by atoms with E-state index in [2.05, 4.69) is 5.32 Å². The van der Waals surface area contributed by atoms with Crippen molar-refractivity contribution in [3.63, 3.8) is 0 Å². The van der Waals surface area contributed by atoms with Crippen LogP contribution in [0.1, 0.15) is 5.56 Å². The first-order valence-electron chi connectivity index (χ1n) is 4.85. The minimum absolute atomic E-state index is 0.161. The maximum Gasteiger partial charge on any atom is 0.334 e. The number of benzene rings is 1. The molecule has 1 aliphatic heterocycles. The number of halogens is 1. The van der Waals surface area contributed by atoms with Gasteiger partial charge in [0.25, 0.3) is 0 Å². The summed E-state index contributed by atoms with van der Waals surface area (Å²) in [5, 5.41) is 2.51. The van der Waals surface area contributed by atoms with Gasteiger partial charge in [-0.2, -0.15) is 0 Å². The summed E-state index contributed by atoms with van der Waals surface area (Å²) < 4.78 is 5.09. The molecule has 5 heteroatoms. The van der Waals surface area contributed by atoms with Crippen LogP contribution in [0.15, 0.2) is 24.3 Å². The molecule has 0 spiro atoms. The lowest BCUT2D eigenvalue weighted by Crippen LogP contribution is -2.47. The van der Waals surface area contributed by atoms with E-state index in [1.54, 1.807) is 12.1 Å². The average molecular weight is 240 g/mol. The molecule has 1 atom stereocenters. The summed E-state index contributed by atoms with van der Waals surface area (Å²) in [6.07, 6.45) is 0.442. The van der Waals surface area contributed by atoms with E-state index in [-0.39, 0.29) is 11.8 Å². The van der Waals surface area contributed by atoms with Crippen LogP contribution < -0.4 is 10.1 Å². The van der Waals surface area contributed by atoms with Crippen molar-refractivity contribution in [2.45, 2.75) is 12.5 Å². The zero-order valence-corrected chi connectivity index (χ0v) is 9.16. The highest BCUT2D eigenvalue weighted by Crippen LogP contribution is 2.24. The van der Waals surface area contributed by atoms with E-state index in [9.17, 15) is 9.59 Å². The van der Waals surface area contributed by atoms with E-state index in [0.717, 1.165) is 5.56 Å². The topological polar surface area (TPSA) is 55.4 Å². The highest BCUT2D eigenvalue weighted by molar-refractivity contribution is 6.27. The van der Waals surface area contributed by atoms with Gasteiger partial charge in [0, 0.05) is 6.42 Å². The number of para-hydroxylation sites is 1. The Morgan fingerprint density at radius 3 is 3.00 bits per heavy atom. The molecule has 1 N–H and O–H groups in total. The molecule has 1 amide bonds. The molecule has 4 nitrogen and oxygen atoms in total. The van der Waals surface area contributed by atoms with Crippen molar-refractivity contribution >= 4 is 23.5 Å². The number of carbonyl (C=O) groups is 2. The van der Waals surface area contributed by atoms with E-state index in [4.69, 9.17) is 16.3 Å². The number of esters is 1. The van der Waals surface area contributed by atoms with Gasteiger partial charge < -0.3 is 10.1 Å². The van der Waals surface area contributed by atoms with E-state index in [1.165, 1.54) is 0 Å². The number of fused-ring (bicyclic) bond motifs is 1. The molecule has 1 aliphatic rings. The van der Waals surface area contributed by atoms with Gasteiger partial charge in [-0.15, -0.1) is 11.6 Å². The molecule has 1 aromatic rings. The molecule has 2 rings (SSSR count). The molecule has 0 aromatic heterocycles. The fourth-order valence-electron chi connectivity index (χ4n) is 1.60. The van der Waals surface area contributed by atoms with Crippen LogP contribution in [0.2, 0.25) is 0 Å². The van der Waals surface area contributed by atoms with Gasteiger partial charge in [0.15, 0.2) is 0 Å². The van der Waals surface area contributed by atoms with Gasteiger partial charge in [-0.25, -0.2) is 4.79 Å². The second-order valence-electron chi connectivity index (χ2n) is 3.49. The summed E-state index contributed by atoms with van der Waals surface area (Å²) in [7, 11) is 0. The Hall–Kier alpha value is -1.55. The Bertz CT molecular complexity index is 433. The maximum absolute atomic E-state index is 11.5. The lowest BCUT2D eigenvalue weighted by atomic mass is 10.0. The number of hydrogen-bond acceptors (Lipinski definition) is 3. The predicted octanol–water partition coefficient (Wildman–Crippen LogP) is 0.872. The first-order valence-corrected chi connectivity index (χ1v) is 5.39. The maximum atomic E-state index is 11.5. The van der Waals surface area contributed by atoms with Gasteiger partial charge in [0.2, 0.25) is 5.91 Å². The smallest absolute Gasteiger partial charge is 0.334 e. The highest BCUT2D eigenvalue weighted by atomic mass is 35.5. The second-order valence-corrected chi connectivity index (χ2v) is 3.75. The quantitative estimate of drug-likeness (QED) is 0.473. The molecular weight excluding hydrogens is 230 g/mol. The molecule has 0 unspecified atom stereocenters. The molecule has 0 fully saturated rings. The van der Waals surface area contributed by atoms with Crippen molar-refractivity contribution in [2.75, 3.05) is 5.88 Å². The van der Waals surface area contributed by atoms with Gasteiger partial charge in [0.1, 0.15) is 17.7 Å². The van der Waals surface area contributed by atoms with Crippen molar-refractivity contribution in [1.29, 1.82) is 0 Å². The van der Waals surface area contributed by atoms with Gasteiger partial charge in [-0.1, -0.05) is 18.2 Å². The van der Waals surface area contributed by atoms with Crippen LogP contribution in [-0.2, 0) is 16.0 Å². The second kappa shape index (κ2) is 4.53. The molecule has 0 bridgehead atoms. The Morgan fingerprint density at radius 2 is 2.25 bits per heavy atom. The number of nitrogens with one attached hydrogen (secondary N) is 1. The minimum atomic E-state index is -0.638. The summed E-state index contributed by atoms with van der Waals surface area (Å²) >= 11 is 5.35. The van der Waals surface area contributed by atoms with Crippen molar-refractivity contribution in [3.05, 3.63) is 29.8 Å². The van der Waals surface area contributed by atoms with E-state index >= 15 is 0 Å². The summed E-state index contributed by atoms with van der Waals surface area (Å²) in [5.74, 6) is -0.421. The standard InChI is InChI=1S/C11H10ClNO3/c12-6-10(14)13-8-5-7-3-1-2-4-9(7)16-11(8)15/h1-4,8H,5-6H2,(H,13,14)/t8-/m0/s1. The Morgan fingerprint density at radius 1 is 1.50 bits per heavy atom. The fraction of sp³-hybridized carbons (Fsp3) is 0.273. The number of hydrogen-bond donors (Lipinski definition) is 1.